The van der Waals surface area contributed by atoms with Gasteiger partial charge in [0.2, 0.25) is 5.28 Å². The maximum absolute atomic E-state index is 5.75. The minimum atomic E-state index is -0.0130. The third-order valence-electron chi connectivity index (χ3n) is 1.52. The van der Waals surface area contributed by atoms with Crippen molar-refractivity contribution in [2.75, 3.05) is 11.5 Å². The van der Waals surface area contributed by atoms with Gasteiger partial charge in [-0.05, 0) is 11.6 Å². The maximum Gasteiger partial charge on any atom is 0.225 e. The molecule has 0 unspecified atom stereocenters. The number of hydrogen-bond donors (Lipinski definition) is 2. The van der Waals surface area contributed by atoms with Gasteiger partial charge in [-0.2, -0.15) is 4.98 Å². The smallest absolute Gasteiger partial charge is 0.225 e. The van der Waals surface area contributed by atoms with Crippen LogP contribution >= 0.6 is 23.2 Å². The number of halogens is 2. The van der Waals surface area contributed by atoms with Crippen molar-refractivity contribution in [2.24, 2.45) is 0 Å². The van der Waals surface area contributed by atoms with E-state index in [2.05, 4.69) is 19.9 Å². The molecule has 8 heteroatoms. The van der Waals surface area contributed by atoms with E-state index in [9.17, 15) is 0 Å². The lowest BCUT2D eigenvalue weighted by molar-refractivity contribution is 1.15. The molecule has 0 atom stereocenters. The number of nitrogens with two attached hydrogens (primary N) is 2. The molecule has 2 heterocycles. The lowest BCUT2D eigenvalue weighted by atomic mass is 10.5. The fourth-order valence-electron chi connectivity index (χ4n) is 0.915. The van der Waals surface area contributed by atoms with Gasteiger partial charge in [0.15, 0.2) is 22.4 Å². The minimum Gasteiger partial charge on any atom is -0.381 e. The van der Waals surface area contributed by atoms with Crippen molar-refractivity contribution in [1.29, 1.82) is 0 Å². The van der Waals surface area contributed by atoms with Crippen molar-refractivity contribution in [1.82, 2.24) is 19.9 Å². The van der Waals surface area contributed by atoms with Crippen LogP contribution in [0.1, 0.15) is 0 Å². The molecule has 0 saturated heterocycles. The van der Waals surface area contributed by atoms with E-state index in [-0.39, 0.29) is 33.2 Å². The Balaban J connectivity index is 2.89. The Kier molecular flexibility index (Phi) is 2.01. The summed E-state index contributed by atoms with van der Waals surface area (Å²) >= 11 is 11.3. The van der Waals surface area contributed by atoms with Crippen molar-refractivity contribution in [3.8, 4) is 0 Å². The van der Waals surface area contributed by atoms with Gasteiger partial charge < -0.3 is 11.5 Å². The van der Waals surface area contributed by atoms with Crippen LogP contribution in [0, 0.1) is 0 Å². The highest BCUT2D eigenvalue weighted by atomic mass is 35.5. The van der Waals surface area contributed by atoms with Gasteiger partial charge in [0, 0.05) is 0 Å². The summed E-state index contributed by atoms with van der Waals surface area (Å²) in [5.41, 5.74) is 11.4. The molecule has 2 aromatic heterocycles. The van der Waals surface area contributed by atoms with Crippen LogP contribution in [0.15, 0.2) is 0 Å². The van der Waals surface area contributed by atoms with E-state index >= 15 is 0 Å². The highest BCUT2D eigenvalue weighted by Gasteiger charge is 2.09. The minimum absolute atomic E-state index is 0.0130. The first-order valence-corrected chi connectivity index (χ1v) is 4.25. The first-order valence-electron chi connectivity index (χ1n) is 3.49. The van der Waals surface area contributed by atoms with Crippen molar-refractivity contribution in [3.63, 3.8) is 0 Å². The molecular weight excluding hydrogens is 227 g/mol. The number of anilines is 2. The third-order valence-corrected chi connectivity index (χ3v) is 1.95. The number of hydrogen-bond acceptors (Lipinski definition) is 6. The van der Waals surface area contributed by atoms with Crippen LogP contribution in [-0.2, 0) is 0 Å². The second-order valence-corrected chi connectivity index (χ2v) is 3.15. The van der Waals surface area contributed by atoms with Crippen LogP contribution in [0.25, 0.3) is 11.2 Å². The van der Waals surface area contributed by atoms with Crippen molar-refractivity contribution >= 4 is 46.0 Å². The zero-order chi connectivity index (χ0) is 10.3. The summed E-state index contributed by atoms with van der Waals surface area (Å²) in [7, 11) is 0. The Morgan fingerprint density at radius 3 is 2.21 bits per heavy atom. The number of rotatable bonds is 0. The van der Waals surface area contributed by atoms with Crippen molar-refractivity contribution < 1.29 is 0 Å². The summed E-state index contributed by atoms with van der Waals surface area (Å²) in [4.78, 5) is 15.3. The van der Waals surface area contributed by atoms with E-state index in [0.29, 0.717) is 0 Å². The molecule has 2 aromatic rings. The van der Waals surface area contributed by atoms with Crippen LogP contribution in [0.2, 0.25) is 10.4 Å². The maximum atomic E-state index is 5.75. The Bertz CT molecular complexity index is 513. The molecular formula is C6H4Cl2N6. The largest absolute Gasteiger partial charge is 0.381 e. The van der Waals surface area contributed by atoms with Gasteiger partial charge in [-0.25, -0.2) is 15.0 Å². The normalized spacial score (nSPS) is 10.7. The van der Waals surface area contributed by atoms with E-state index in [1.165, 1.54) is 0 Å². The second kappa shape index (κ2) is 3.07. The van der Waals surface area contributed by atoms with Crippen molar-refractivity contribution in [3.05, 3.63) is 10.4 Å². The molecule has 0 bridgehead atoms. The predicted octanol–water partition coefficient (Wildman–Crippen LogP) is 0.891. The summed E-state index contributed by atoms with van der Waals surface area (Å²) < 4.78 is 0. The van der Waals surface area contributed by atoms with E-state index in [4.69, 9.17) is 34.7 Å². The number of nitrogens with zero attached hydrogens (tertiary/aromatic N) is 4. The number of fused-ring (bicyclic) bond motifs is 1. The molecule has 0 spiro atoms. The van der Waals surface area contributed by atoms with Gasteiger partial charge >= 0.3 is 0 Å². The van der Waals surface area contributed by atoms with Crippen LogP contribution in [0.5, 0.6) is 0 Å². The highest BCUT2D eigenvalue weighted by Crippen LogP contribution is 2.21. The average Bonchev–Trinajstić information content (AvgIpc) is 2.08. The van der Waals surface area contributed by atoms with E-state index in [0.717, 1.165) is 0 Å². The predicted molar refractivity (Wildman–Crippen MR) is 54.0 cm³/mol. The molecule has 0 aliphatic carbocycles. The molecule has 0 aliphatic rings. The van der Waals surface area contributed by atoms with Crippen LogP contribution in [-0.4, -0.2) is 19.9 Å². The monoisotopic (exact) mass is 230 g/mol. The van der Waals surface area contributed by atoms with E-state index in [1.807, 2.05) is 0 Å². The van der Waals surface area contributed by atoms with E-state index in [1.54, 1.807) is 0 Å². The molecule has 0 aliphatic heterocycles. The molecule has 14 heavy (non-hydrogen) atoms. The van der Waals surface area contributed by atoms with E-state index < -0.39 is 0 Å². The van der Waals surface area contributed by atoms with Gasteiger partial charge in [-0.3, -0.25) is 0 Å². The summed E-state index contributed by atoms with van der Waals surface area (Å²) in [6.45, 7) is 0. The Morgan fingerprint density at radius 2 is 1.50 bits per heavy atom. The molecule has 72 valence electrons. The molecule has 0 saturated carbocycles. The standard InChI is InChI=1S/C6H4Cl2N6/c7-2-1-5(14-6(8)12-2)13-4(10)3(9)11-1/h(H2,9,11)(H2,10,12,13,14). The lowest BCUT2D eigenvalue weighted by Gasteiger charge is -2.01. The first kappa shape index (κ1) is 9.17. The molecule has 6 nitrogen and oxygen atoms in total. The van der Waals surface area contributed by atoms with Gasteiger partial charge in [-0.15, -0.1) is 0 Å². The Hall–Kier alpha value is -1.40. The molecule has 0 radical (unpaired) electrons. The number of aromatic nitrogens is 4. The summed E-state index contributed by atoms with van der Waals surface area (Å²) in [6, 6.07) is 0. The Labute approximate surface area is 88.3 Å². The molecule has 0 fully saturated rings. The quantitative estimate of drug-likeness (QED) is 0.515. The van der Waals surface area contributed by atoms with Crippen LogP contribution in [0.4, 0.5) is 11.6 Å². The van der Waals surface area contributed by atoms with Gasteiger partial charge in [0.1, 0.15) is 5.52 Å². The first-order chi connectivity index (χ1) is 6.58. The summed E-state index contributed by atoms with van der Waals surface area (Å²) in [5, 5.41) is 0.0835. The SMILES string of the molecule is Nc1nc2nc(Cl)nc(Cl)c2nc1N. The zero-order valence-corrected chi connectivity index (χ0v) is 8.21. The molecule has 2 rings (SSSR count). The summed E-state index contributed by atoms with van der Waals surface area (Å²) in [6.07, 6.45) is 0. The van der Waals surface area contributed by atoms with Gasteiger partial charge in [-0.1, -0.05) is 11.6 Å². The Morgan fingerprint density at radius 1 is 0.857 bits per heavy atom. The molecule has 4 N–H and O–H groups in total. The fourth-order valence-corrected chi connectivity index (χ4v) is 1.33. The third kappa shape index (κ3) is 1.38. The lowest BCUT2D eigenvalue weighted by Crippen LogP contribution is -2.03. The van der Waals surface area contributed by atoms with Crippen LogP contribution in [0.3, 0.4) is 0 Å². The molecule has 0 amide bonds. The average molecular weight is 231 g/mol. The second-order valence-electron chi connectivity index (χ2n) is 2.45. The molecule has 0 aromatic carbocycles. The van der Waals surface area contributed by atoms with Crippen LogP contribution < -0.4 is 11.5 Å². The summed E-state index contributed by atoms with van der Waals surface area (Å²) in [5.74, 6) is 0.175. The zero-order valence-electron chi connectivity index (χ0n) is 6.70. The topological polar surface area (TPSA) is 104 Å². The van der Waals surface area contributed by atoms with Gasteiger partial charge in [0.25, 0.3) is 0 Å². The highest BCUT2D eigenvalue weighted by molar-refractivity contribution is 6.35. The van der Waals surface area contributed by atoms with Crippen molar-refractivity contribution in [2.45, 2.75) is 0 Å². The fraction of sp³-hybridized carbons (Fsp3) is 0. The van der Waals surface area contributed by atoms with Gasteiger partial charge in [0.05, 0.1) is 0 Å². The number of nitrogen functional groups attached to an aromatic ring is 2.